The van der Waals surface area contributed by atoms with Crippen LogP contribution in [-0.2, 0) is 19.4 Å². The molecule has 152 valence electrons. The maximum Gasteiger partial charge on any atom is 0.262 e. The number of para-hydroxylation sites is 1. The number of rotatable bonds is 5. The van der Waals surface area contributed by atoms with Crippen molar-refractivity contribution in [3.63, 3.8) is 0 Å². The van der Waals surface area contributed by atoms with Gasteiger partial charge in [-0.3, -0.25) is 14.2 Å². The van der Waals surface area contributed by atoms with Gasteiger partial charge in [-0.25, -0.2) is 4.98 Å². The van der Waals surface area contributed by atoms with Gasteiger partial charge in [-0.2, -0.15) is 0 Å². The molecule has 0 fully saturated rings. The van der Waals surface area contributed by atoms with Crippen LogP contribution < -0.4 is 15.6 Å². The Morgan fingerprint density at radius 2 is 2.10 bits per heavy atom. The Morgan fingerprint density at radius 1 is 1.28 bits per heavy atom. The van der Waals surface area contributed by atoms with Crippen molar-refractivity contribution in [1.29, 1.82) is 0 Å². The predicted octanol–water partition coefficient (Wildman–Crippen LogP) is 3.47. The number of nitrogens with zero attached hydrogens (tertiary/aromatic N) is 2. The van der Waals surface area contributed by atoms with Crippen LogP contribution in [0.15, 0.2) is 29.1 Å². The molecule has 7 heteroatoms. The number of thiophene rings is 1. The van der Waals surface area contributed by atoms with Gasteiger partial charge in [0.25, 0.3) is 11.5 Å². The maximum atomic E-state index is 13.0. The van der Waals surface area contributed by atoms with Gasteiger partial charge in [0.05, 0.1) is 17.4 Å². The summed E-state index contributed by atoms with van der Waals surface area (Å²) in [6.45, 7) is 3.06. The molecule has 1 aliphatic heterocycles. The van der Waals surface area contributed by atoms with E-state index in [0.29, 0.717) is 34.6 Å². The van der Waals surface area contributed by atoms with Crippen molar-refractivity contribution < 1.29 is 9.53 Å². The van der Waals surface area contributed by atoms with Crippen LogP contribution in [0.2, 0.25) is 0 Å². The Balaban J connectivity index is 1.56. The van der Waals surface area contributed by atoms with Gasteiger partial charge >= 0.3 is 0 Å². The number of aromatic nitrogens is 2. The highest BCUT2D eigenvalue weighted by molar-refractivity contribution is 7.20. The highest BCUT2D eigenvalue weighted by Crippen LogP contribution is 2.28. The average molecular weight is 412 g/mol. The summed E-state index contributed by atoms with van der Waals surface area (Å²) in [4.78, 5) is 31.8. The topological polar surface area (TPSA) is 73.2 Å². The quantitative estimate of drug-likeness (QED) is 0.698. The van der Waals surface area contributed by atoms with E-state index in [9.17, 15) is 9.59 Å². The van der Waals surface area contributed by atoms with Crippen molar-refractivity contribution in [3.05, 3.63) is 56.4 Å². The first-order valence-electron chi connectivity index (χ1n) is 10.0. The van der Waals surface area contributed by atoms with Crippen LogP contribution in [0.3, 0.4) is 0 Å². The lowest BCUT2D eigenvalue weighted by atomic mass is 10.1. The lowest BCUT2D eigenvalue weighted by Crippen LogP contribution is -2.26. The number of fused-ring (bicyclic) bond motifs is 2. The number of amides is 1. The molecule has 0 saturated carbocycles. The monoisotopic (exact) mass is 411 g/mol. The molecule has 0 unspecified atom stereocenters. The van der Waals surface area contributed by atoms with Crippen molar-refractivity contribution in [2.24, 2.45) is 0 Å². The number of aryl methyl sites for hydroxylation is 2. The molecule has 6 nitrogen and oxygen atoms in total. The van der Waals surface area contributed by atoms with Crippen molar-refractivity contribution in [3.8, 4) is 5.75 Å². The minimum absolute atomic E-state index is 0.00581. The molecule has 0 aliphatic carbocycles. The Labute approximate surface area is 173 Å². The van der Waals surface area contributed by atoms with Gasteiger partial charge in [-0.15, -0.1) is 11.3 Å². The number of benzene rings is 1. The van der Waals surface area contributed by atoms with E-state index in [4.69, 9.17) is 9.72 Å². The largest absolute Gasteiger partial charge is 0.496 e. The zero-order chi connectivity index (χ0) is 20.4. The highest BCUT2D eigenvalue weighted by atomic mass is 32.1. The van der Waals surface area contributed by atoms with E-state index < -0.39 is 0 Å². The van der Waals surface area contributed by atoms with Crippen LogP contribution in [0.25, 0.3) is 10.2 Å². The molecule has 4 rings (SSSR count). The molecular formula is C22H25N3O3S. The van der Waals surface area contributed by atoms with Crippen molar-refractivity contribution >= 4 is 27.5 Å². The zero-order valence-electron chi connectivity index (χ0n) is 16.8. The third-order valence-electron chi connectivity index (χ3n) is 5.49. The lowest BCUT2D eigenvalue weighted by molar-refractivity contribution is 0.0957. The van der Waals surface area contributed by atoms with Crippen LogP contribution in [0.1, 0.15) is 45.9 Å². The Morgan fingerprint density at radius 3 is 2.93 bits per heavy atom. The Bertz CT molecular complexity index is 1120. The number of carbonyl (C=O) groups is 1. The van der Waals surface area contributed by atoms with Gasteiger partial charge < -0.3 is 10.1 Å². The van der Waals surface area contributed by atoms with Crippen LogP contribution in [0.4, 0.5) is 0 Å². The molecule has 3 aromatic rings. The van der Waals surface area contributed by atoms with E-state index in [0.717, 1.165) is 48.4 Å². The standard InChI is InChI=1S/C22H25N3O3S/c1-14-18-21(24-17-10-4-3-7-13-25(17)22(18)27)29-19(14)20(26)23-12-11-15-8-5-6-9-16(15)28-2/h5-6,8-9H,3-4,7,10-13H2,1-2H3,(H,23,26). The van der Waals surface area contributed by atoms with Gasteiger partial charge in [-0.1, -0.05) is 24.6 Å². The summed E-state index contributed by atoms with van der Waals surface area (Å²) in [5, 5.41) is 3.57. The Hall–Kier alpha value is -2.67. The fraction of sp³-hybridized carbons (Fsp3) is 0.409. The van der Waals surface area contributed by atoms with Gasteiger partial charge in [0.2, 0.25) is 0 Å². The summed E-state index contributed by atoms with van der Waals surface area (Å²) in [5.74, 6) is 1.52. The van der Waals surface area contributed by atoms with Crippen LogP contribution in [-0.4, -0.2) is 29.1 Å². The zero-order valence-corrected chi connectivity index (χ0v) is 17.6. The third kappa shape index (κ3) is 3.79. The van der Waals surface area contributed by atoms with Gasteiger partial charge in [0.1, 0.15) is 16.4 Å². The van der Waals surface area contributed by atoms with Crippen LogP contribution in [0, 0.1) is 6.92 Å². The molecular weight excluding hydrogens is 386 g/mol. The van der Waals surface area contributed by atoms with E-state index in [1.54, 1.807) is 11.7 Å². The second-order valence-corrected chi connectivity index (χ2v) is 8.35. The van der Waals surface area contributed by atoms with E-state index in [-0.39, 0.29) is 11.5 Å². The second-order valence-electron chi connectivity index (χ2n) is 7.35. The highest BCUT2D eigenvalue weighted by Gasteiger charge is 2.22. The average Bonchev–Trinajstić information content (AvgIpc) is 2.89. The molecule has 29 heavy (non-hydrogen) atoms. The van der Waals surface area contributed by atoms with Crippen molar-refractivity contribution in [2.75, 3.05) is 13.7 Å². The summed E-state index contributed by atoms with van der Waals surface area (Å²) in [5.41, 5.74) is 1.78. The smallest absolute Gasteiger partial charge is 0.262 e. The normalized spacial score (nSPS) is 13.7. The van der Waals surface area contributed by atoms with Gasteiger partial charge in [-0.05, 0) is 43.4 Å². The molecule has 1 amide bonds. The molecule has 3 heterocycles. The summed E-state index contributed by atoms with van der Waals surface area (Å²) >= 11 is 1.32. The third-order valence-corrected chi connectivity index (χ3v) is 6.67. The number of hydrogen-bond donors (Lipinski definition) is 1. The van der Waals surface area contributed by atoms with Crippen LogP contribution >= 0.6 is 11.3 Å². The molecule has 0 spiro atoms. The molecule has 2 aromatic heterocycles. The van der Waals surface area contributed by atoms with Crippen molar-refractivity contribution in [2.45, 2.75) is 45.6 Å². The number of ether oxygens (including phenoxy) is 1. The molecule has 0 atom stereocenters. The Kier molecular flexibility index (Phi) is 5.67. The molecule has 0 radical (unpaired) electrons. The lowest BCUT2D eigenvalue weighted by Gasteiger charge is -2.09. The van der Waals surface area contributed by atoms with Crippen LogP contribution in [0.5, 0.6) is 5.75 Å². The van der Waals surface area contributed by atoms with E-state index >= 15 is 0 Å². The second kappa shape index (κ2) is 8.37. The summed E-state index contributed by atoms with van der Waals surface area (Å²) < 4.78 is 7.17. The fourth-order valence-electron chi connectivity index (χ4n) is 3.93. The van der Waals surface area contributed by atoms with Crippen molar-refractivity contribution in [1.82, 2.24) is 14.9 Å². The molecule has 0 saturated heterocycles. The maximum absolute atomic E-state index is 13.0. The first kappa shape index (κ1) is 19.6. The fourth-order valence-corrected chi connectivity index (χ4v) is 5.03. The molecule has 1 aliphatic rings. The number of nitrogens with one attached hydrogen (secondary N) is 1. The minimum Gasteiger partial charge on any atom is -0.496 e. The molecule has 0 bridgehead atoms. The molecule has 1 N–H and O–H groups in total. The minimum atomic E-state index is -0.153. The van der Waals surface area contributed by atoms with E-state index in [1.807, 2.05) is 31.2 Å². The number of carbonyl (C=O) groups excluding carboxylic acids is 1. The number of methoxy groups -OCH3 is 1. The first-order valence-corrected chi connectivity index (χ1v) is 10.8. The van der Waals surface area contributed by atoms with E-state index in [2.05, 4.69) is 5.32 Å². The molecule has 1 aromatic carbocycles. The summed E-state index contributed by atoms with van der Waals surface area (Å²) in [6, 6.07) is 7.79. The number of hydrogen-bond acceptors (Lipinski definition) is 5. The summed E-state index contributed by atoms with van der Waals surface area (Å²) in [6.07, 6.45) is 4.67. The van der Waals surface area contributed by atoms with Gasteiger partial charge in [0, 0.05) is 19.5 Å². The van der Waals surface area contributed by atoms with E-state index in [1.165, 1.54) is 11.3 Å². The first-order chi connectivity index (χ1) is 14.1. The van der Waals surface area contributed by atoms with Gasteiger partial charge in [0.15, 0.2) is 0 Å². The summed E-state index contributed by atoms with van der Waals surface area (Å²) in [7, 11) is 1.64. The SMILES string of the molecule is COc1ccccc1CCNC(=O)c1sc2nc3n(c(=O)c2c1C)CCCCC3. The predicted molar refractivity (Wildman–Crippen MR) is 115 cm³/mol.